The molecule has 0 radical (unpaired) electrons. The zero-order chi connectivity index (χ0) is 24.2. The van der Waals surface area contributed by atoms with Crippen LogP contribution in [0.2, 0.25) is 0 Å². The first kappa shape index (κ1) is 24.3. The highest BCUT2D eigenvalue weighted by atomic mass is 16.1. The van der Waals surface area contributed by atoms with Gasteiger partial charge in [-0.2, -0.15) is 0 Å². The summed E-state index contributed by atoms with van der Waals surface area (Å²) < 4.78 is 2.49. The molecule has 186 valence electrons. The summed E-state index contributed by atoms with van der Waals surface area (Å²) >= 11 is 0. The molecule has 0 spiro atoms. The van der Waals surface area contributed by atoms with E-state index >= 15 is 0 Å². The lowest BCUT2D eigenvalue weighted by Crippen LogP contribution is -2.34. The van der Waals surface area contributed by atoms with Crippen molar-refractivity contribution in [2.75, 3.05) is 0 Å². The first-order valence-corrected chi connectivity index (χ1v) is 14.0. The van der Waals surface area contributed by atoms with Gasteiger partial charge in [-0.1, -0.05) is 80.1 Å². The van der Waals surface area contributed by atoms with Crippen LogP contribution in [0, 0.1) is 18.8 Å². The maximum Gasteiger partial charge on any atom is 0.134 e. The number of nitrogens with zero attached hydrogens (tertiary/aromatic N) is 1. The molecule has 3 heteroatoms. The first-order chi connectivity index (χ1) is 17.1. The van der Waals surface area contributed by atoms with Gasteiger partial charge in [0.15, 0.2) is 0 Å². The van der Waals surface area contributed by atoms with E-state index in [-0.39, 0.29) is 12.0 Å². The van der Waals surface area contributed by atoms with E-state index in [9.17, 15) is 4.79 Å². The van der Waals surface area contributed by atoms with E-state index in [1.54, 1.807) is 0 Å². The summed E-state index contributed by atoms with van der Waals surface area (Å²) in [6, 6.07) is 17.8. The topological polar surface area (TPSA) is 48.0 Å². The molecule has 1 heterocycles. The zero-order valence-corrected chi connectivity index (χ0v) is 21.4. The molecule has 0 bridgehead atoms. The van der Waals surface area contributed by atoms with Crippen molar-refractivity contribution in [2.24, 2.45) is 17.6 Å². The quantitative estimate of drug-likeness (QED) is 0.370. The molecule has 0 aliphatic heterocycles. The van der Waals surface area contributed by atoms with Crippen LogP contribution in [-0.4, -0.2) is 16.4 Å². The molecule has 2 aromatic carbocycles. The van der Waals surface area contributed by atoms with Crippen LogP contribution in [0.25, 0.3) is 10.9 Å². The van der Waals surface area contributed by atoms with Crippen LogP contribution in [0.15, 0.2) is 54.7 Å². The molecule has 2 aliphatic rings. The Morgan fingerprint density at radius 2 is 1.74 bits per heavy atom. The number of nitrogens with two attached hydrogens (primary N) is 1. The highest BCUT2D eigenvalue weighted by Crippen LogP contribution is 2.37. The van der Waals surface area contributed by atoms with Crippen LogP contribution >= 0.6 is 0 Å². The average Bonchev–Trinajstić information content (AvgIpc) is 3.23. The third kappa shape index (κ3) is 5.72. The number of Topliss-reactive ketones (excluding diaryl/α,β-unsaturated/α-hetero) is 1. The molecule has 2 saturated carbocycles. The lowest BCUT2D eigenvalue weighted by molar-refractivity contribution is -0.120. The van der Waals surface area contributed by atoms with Crippen molar-refractivity contribution in [3.8, 4) is 0 Å². The monoisotopic (exact) mass is 470 g/mol. The van der Waals surface area contributed by atoms with Crippen LogP contribution in [-0.2, 0) is 11.3 Å². The molecule has 3 aromatic rings. The Bertz CT molecular complexity index is 1140. The number of para-hydroxylation sites is 1. The molecule has 2 aliphatic carbocycles. The SMILES string of the molecule is Cc1cccc(C(CC(=O)C[C@H]2CCCC[C@@H]2N)c2cn(CC3CCCCC3)c3ccccc23)c1. The number of rotatable bonds is 8. The van der Waals surface area contributed by atoms with E-state index in [2.05, 4.69) is 66.2 Å². The largest absolute Gasteiger partial charge is 0.347 e. The van der Waals surface area contributed by atoms with Crippen LogP contribution in [0.4, 0.5) is 0 Å². The van der Waals surface area contributed by atoms with Gasteiger partial charge in [0, 0.05) is 48.4 Å². The smallest absolute Gasteiger partial charge is 0.134 e. The maximum absolute atomic E-state index is 13.5. The van der Waals surface area contributed by atoms with Crippen LogP contribution < -0.4 is 5.73 Å². The summed E-state index contributed by atoms with van der Waals surface area (Å²) in [5.74, 6) is 1.56. The van der Waals surface area contributed by atoms with Gasteiger partial charge >= 0.3 is 0 Å². The molecule has 35 heavy (non-hydrogen) atoms. The maximum atomic E-state index is 13.5. The van der Waals surface area contributed by atoms with Gasteiger partial charge < -0.3 is 10.3 Å². The number of aryl methyl sites for hydroxylation is 1. The van der Waals surface area contributed by atoms with E-state index in [4.69, 9.17) is 5.73 Å². The fraction of sp³-hybridized carbons (Fsp3) is 0.531. The Hall–Kier alpha value is -2.39. The van der Waals surface area contributed by atoms with Gasteiger partial charge in [-0.25, -0.2) is 0 Å². The van der Waals surface area contributed by atoms with E-state index in [0.717, 1.165) is 25.3 Å². The van der Waals surface area contributed by atoms with E-state index in [1.807, 2.05) is 0 Å². The average molecular weight is 471 g/mol. The second kappa shape index (κ2) is 11.1. The van der Waals surface area contributed by atoms with Crippen LogP contribution in [0.3, 0.4) is 0 Å². The molecule has 5 rings (SSSR count). The number of hydrogen-bond acceptors (Lipinski definition) is 2. The Morgan fingerprint density at radius 3 is 2.54 bits per heavy atom. The number of fused-ring (bicyclic) bond motifs is 1. The zero-order valence-electron chi connectivity index (χ0n) is 21.4. The minimum atomic E-state index is 0.0831. The number of ketones is 1. The number of carbonyl (C=O) groups is 1. The molecule has 0 saturated heterocycles. The fourth-order valence-corrected chi connectivity index (χ4v) is 6.74. The number of hydrogen-bond donors (Lipinski definition) is 1. The lowest BCUT2D eigenvalue weighted by atomic mass is 9.79. The summed E-state index contributed by atoms with van der Waals surface area (Å²) in [6.45, 7) is 3.24. The molecule has 2 fully saturated rings. The van der Waals surface area contributed by atoms with Gasteiger partial charge in [0.1, 0.15) is 5.78 Å². The Morgan fingerprint density at radius 1 is 0.971 bits per heavy atom. The molecule has 3 nitrogen and oxygen atoms in total. The minimum absolute atomic E-state index is 0.0831. The second-order valence-electron chi connectivity index (χ2n) is 11.4. The summed E-state index contributed by atoms with van der Waals surface area (Å²) in [5.41, 5.74) is 11.5. The molecular formula is C32H42N2O. The normalized spacial score (nSPS) is 22.3. The summed E-state index contributed by atoms with van der Waals surface area (Å²) in [5, 5.41) is 1.30. The third-order valence-corrected chi connectivity index (χ3v) is 8.71. The molecule has 0 amide bonds. The van der Waals surface area contributed by atoms with Gasteiger partial charge in [0.05, 0.1) is 0 Å². The van der Waals surface area contributed by atoms with Gasteiger partial charge in [-0.3, -0.25) is 4.79 Å². The summed E-state index contributed by atoms with van der Waals surface area (Å²) in [4.78, 5) is 13.5. The molecule has 1 aromatic heterocycles. The molecule has 1 unspecified atom stereocenters. The van der Waals surface area contributed by atoms with E-state index in [0.29, 0.717) is 24.5 Å². The standard InChI is InChI=1S/C32H42N2O/c1-23-10-9-14-25(18-23)29(20-27(35)19-26-13-5-7-16-31(26)33)30-22-34(21-24-11-3-2-4-12-24)32-17-8-6-15-28(30)32/h6,8-10,14-15,17-18,22,24,26,29,31H,2-5,7,11-13,16,19-21,33H2,1H3/t26-,29?,31+/m1/s1. The molecule has 3 atom stereocenters. The third-order valence-electron chi connectivity index (χ3n) is 8.71. The van der Waals surface area contributed by atoms with Crippen molar-refractivity contribution in [2.45, 2.75) is 96.1 Å². The predicted molar refractivity (Wildman–Crippen MR) is 146 cm³/mol. The Labute approximate surface area is 211 Å². The predicted octanol–water partition coefficient (Wildman–Crippen LogP) is 7.53. The van der Waals surface area contributed by atoms with Crippen molar-refractivity contribution in [3.63, 3.8) is 0 Å². The van der Waals surface area contributed by atoms with Crippen molar-refractivity contribution in [1.29, 1.82) is 0 Å². The van der Waals surface area contributed by atoms with Gasteiger partial charge in [-0.05, 0) is 61.6 Å². The van der Waals surface area contributed by atoms with Crippen LogP contribution in [0.5, 0.6) is 0 Å². The lowest BCUT2D eigenvalue weighted by Gasteiger charge is -2.28. The Kier molecular flexibility index (Phi) is 7.72. The minimum Gasteiger partial charge on any atom is -0.347 e. The fourth-order valence-electron chi connectivity index (χ4n) is 6.74. The molecule has 2 N–H and O–H groups in total. The van der Waals surface area contributed by atoms with Crippen molar-refractivity contribution < 1.29 is 4.79 Å². The number of benzene rings is 2. The van der Waals surface area contributed by atoms with Gasteiger partial charge in [0.2, 0.25) is 0 Å². The van der Waals surface area contributed by atoms with Crippen molar-refractivity contribution in [1.82, 2.24) is 4.57 Å². The van der Waals surface area contributed by atoms with E-state index in [1.165, 1.54) is 72.5 Å². The van der Waals surface area contributed by atoms with Crippen LogP contribution in [0.1, 0.15) is 93.2 Å². The van der Waals surface area contributed by atoms with Crippen molar-refractivity contribution in [3.05, 3.63) is 71.4 Å². The highest BCUT2D eigenvalue weighted by molar-refractivity contribution is 5.87. The summed E-state index contributed by atoms with van der Waals surface area (Å²) in [7, 11) is 0. The first-order valence-electron chi connectivity index (χ1n) is 14.0. The van der Waals surface area contributed by atoms with Crippen molar-refractivity contribution >= 4 is 16.7 Å². The van der Waals surface area contributed by atoms with E-state index < -0.39 is 0 Å². The molecular weight excluding hydrogens is 428 g/mol. The number of carbonyl (C=O) groups excluding carboxylic acids is 1. The number of aromatic nitrogens is 1. The van der Waals surface area contributed by atoms with Gasteiger partial charge in [-0.15, -0.1) is 0 Å². The summed E-state index contributed by atoms with van der Waals surface area (Å²) in [6.07, 6.45) is 14.9. The Balaban J connectivity index is 1.47. The van der Waals surface area contributed by atoms with Gasteiger partial charge in [0.25, 0.3) is 0 Å². The second-order valence-corrected chi connectivity index (χ2v) is 11.4. The highest BCUT2D eigenvalue weighted by Gasteiger charge is 2.28.